The van der Waals surface area contributed by atoms with Crippen LogP contribution in [-0.4, -0.2) is 71.9 Å². The highest BCUT2D eigenvalue weighted by atomic mass is 35.5. The predicted molar refractivity (Wildman–Crippen MR) is 155 cm³/mol. The van der Waals surface area contributed by atoms with E-state index in [1.54, 1.807) is 24.3 Å². The number of benzene rings is 3. The van der Waals surface area contributed by atoms with Crippen LogP contribution in [0.25, 0.3) is 32.8 Å². The summed E-state index contributed by atoms with van der Waals surface area (Å²) < 4.78 is 22.7. The van der Waals surface area contributed by atoms with Gasteiger partial charge >= 0.3 is 6.01 Å². The smallest absolute Gasteiger partial charge is 0.319 e. The molecular weight excluding hydrogens is 540 g/mol. The van der Waals surface area contributed by atoms with Gasteiger partial charge in [0.1, 0.15) is 23.7 Å². The maximum atomic E-state index is 16.6. The Bertz CT molecular complexity index is 1570. The Morgan fingerprint density at radius 2 is 2.00 bits per heavy atom. The Morgan fingerprint density at radius 3 is 2.77 bits per heavy atom. The van der Waals surface area contributed by atoms with Crippen molar-refractivity contribution in [2.24, 2.45) is 0 Å². The number of rotatable bonds is 5. The lowest BCUT2D eigenvalue weighted by Crippen LogP contribution is -2.49. The fraction of sp³-hybridized carbons (Fsp3) is 0.379. The molecular formula is C29H30Cl2FN5O2. The lowest BCUT2D eigenvalue weighted by Gasteiger charge is -2.33. The Labute approximate surface area is 236 Å². The third-order valence-electron chi connectivity index (χ3n) is 7.77. The molecule has 0 amide bonds. The van der Waals surface area contributed by atoms with Gasteiger partial charge in [0.05, 0.1) is 5.02 Å². The predicted octanol–water partition coefficient (Wildman–Crippen LogP) is 5.87. The molecule has 4 aromatic rings. The highest BCUT2D eigenvalue weighted by Crippen LogP contribution is 2.44. The van der Waals surface area contributed by atoms with E-state index in [2.05, 4.69) is 34.1 Å². The summed E-state index contributed by atoms with van der Waals surface area (Å²) in [5.74, 6) is -0.0357. The molecule has 0 aliphatic carbocycles. The number of halogens is 3. The SMILES string of the molecule is CC1CN(c2nc(OC[C@@H]3CCCN3C)nc3c(F)c(-c4cc(O)cc5cccc(Cl)c45)c(Cl)cc23)CCN1. The molecule has 0 radical (unpaired) electrons. The first-order valence-corrected chi connectivity index (χ1v) is 14.0. The molecule has 3 aromatic carbocycles. The molecule has 1 aromatic heterocycles. The zero-order chi connectivity index (χ0) is 27.3. The summed E-state index contributed by atoms with van der Waals surface area (Å²) in [7, 11) is 2.08. The average molecular weight is 570 g/mol. The molecule has 3 heterocycles. The second-order valence-electron chi connectivity index (χ2n) is 10.5. The number of ether oxygens (including phenoxy) is 1. The first-order chi connectivity index (χ1) is 18.8. The molecule has 2 atom stereocenters. The van der Waals surface area contributed by atoms with Gasteiger partial charge in [0.25, 0.3) is 0 Å². The first-order valence-electron chi connectivity index (χ1n) is 13.2. The quantitative estimate of drug-likeness (QED) is 0.311. The van der Waals surface area contributed by atoms with Crippen LogP contribution >= 0.6 is 23.2 Å². The number of phenolic OH excluding ortho intramolecular Hbond substituents is 1. The molecule has 204 valence electrons. The lowest BCUT2D eigenvalue weighted by atomic mass is 9.96. The van der Waals surface area contributed by atoms with E-state index in [1.165, 1.54) is 6.07 Å². The minimum Gasteiger partial charge on any atom is -0.508 e. The van der Waals surface area contributed by atoms with Gasteiger partial charge in [-0.15, -0.1) is 0 Å². The molecule has 0 spiro atoms. The van der Waals surface area contributed by atoms with Gasteiger partial charge < -0.3 is 25.0 Å². The second-order valence-corrected chi connectivity index (χ2v) is 11.3. The van der Waals surface area contributed by atoms with E-state index in [0.717, 1.165) is 25.9 Å². The van der Waals surface area contributed by atoms with Gasteiger partial charge in [-0.1, -0.05) is 35.3 Å². The van der Waals surface area contributed by atoms with E-state index in [0.29, 0.717) is 52.3 Å². The molecule has 6 rings (SSSR count). The summed E-state index contributed by atoms with van der Waals surface area (Å²) in [4.78, 5) is 13.7. The largest absolute Gasteiger partial charge is 0.508 e. The molecule has 10 heteroatoms. The topological polar surface area (TPSA) is 73.8 Å². The van der Waals surface area contributed by atoms with Crippen LogP contribution < -0.4 is 15.0 Å². The summed E-state index contributed by atoms with van der Waals surface area (Å²) >= 11 is 13.4. The Kier molecular flexibility index (Phi) is 7.14. The van der Waals surface area contributed by atoms with Crippen LogP contribution in [0.2, 0.25) is 10.0 Å². The number of likely N-dealkylation sites (tertiary alicyclic amines) is 1. The maximum Gasteiger partial charge on any atom is 0.319 e. The van der Waals surface area contributed by atoms with Crippen molar-refractivity contribution in [3.05, 3.63) is 52.3 Å². The Balaban J connectivity index is 1.54. The van der Waals surface area contributed by atoms with Crippen LogP contribution in [0.5, 0.6) is 11.8 Å². The number of anilines is 1. The molecule has 39 heavy (non-hydrogen) atoms. The fourth-order valence-corrected chi connectivity index (χ4v) is 6.34. The van der Waals surface area contributed by atoms with Crippen LogP contribution in [-0.2, 0) is 0 Å². The first kappa shape index (κ1) is 26.3. The van der Waals surface area contributed by atoms with Crippen molar-refractivity contribution in [3.63, 3.8) is 0 Å². The minimum atomic E-state index is -0.612. The highest BCUT2D eigenvalue weighted by molar-refractivity contribution is 6.38. The number of nitrogens with zero attached hydrogens (tertiary/aromatic N) is 4. The lowest BCUT2D eigenvalue weighted by molar-refractivity contribution is 0.188. The number of piperazine rings is 1. The van der Waals surface area contributed by atoms with Gasteiger partial charge in [0.2, 0.25) is 0 Å². The van der Waals surface area contributed by atoms with Gasteiger partial charge in [-0.05, 0) is 68.6 Å². The average Bonchev–Trinajstić information content (AvgIpc) is 3.31. The van der Waals surface area contributed by atoms with Gasteiger partial charge in [-0.2, -0.15) is 9.97 Å². The summed E-state index contributed by atoms with van der Waals surface area (Å²) in [6.45, 7) is 5.73. The van der Waals surface area contributed by atoms with Crippen LogP contribution in [0.1, 0.15) is 19.8 Å². The molecule has 2 aliphatic heterocycles. The van der Waals surface area contributed by atoms with Crippen LogP contribution in [0, 0.1) is 5.82 Å². The summed E-state index contributed by atoms with van der Waals surface area (Å²) in [6.07, 6.45) is 2.15. The van der Waals surface area contributed by atoms with Crippen molar-refractivity contribution in [2.45, 2.75) is 31.8 Å². The van der Waals surface area contributed by atoms with Crippen molar-refractivity contribution in [3.8, 4) is 22.9 Å². The summed E-state index contributed by atoms with van der Waals surface area (Å²) in [5, 5.41) is 16.3. The molecule has 2 saturated heterocycles. The van der Waals surface area contributed by atoms with Gasteiger partial charge in [-0.25, -0.2) is 4.39 Å². The van der Waals surface area contributed by atoms with Crippen LogP contribution in [0.4, 0.5) is 10.2 Å². The third kappa shape index (κ3) is 4.95. The molecule has 2 fully saturated rings. The summed E-state index contributed by atoms with van der Waals surface area (Å²) in [6, 6.07) is 10.7. The van der Waals surface area contributed by atoms with E-state index < -0.39 is 5.82 Å². The van der Waals surface area contributed by atoms with Crippen LogP contribution in [0.15, 0.2) is 36.4 Å². The van der Waals surface area contributed by atoms with Crippen molar-refractivity contribution < 1.29 is 14.2 Å². The molecule has 0 saturated carbocycles. The molecule has 7 nitrogen and oxygen atoms in total. The Hall–Kier alpha value is -2.91. The van der Waals surface area contributed by atoms with Crippen molar-refractivity contribution in [1.82, 2.24) is 20.2 Å². The van der Waals surface area contributed by atoms with Gasteiger partial charge in [0.15, 0.2) is 5.82 Å². The standard InChI is InChI=1S/C29H30Cl2FN5O2/c1-16-14-37(10-8-33-16)28-21-13-23(31)25(20-12-19(38)11-17-5-3-7-22(30)24(17)20)26(32)27(21)34-29(35-28)39-15-18-6-4-9-36(18)2/h3,5,7,11-13,16,18,33,38H,4,6,8-10,14-15H2,1-2H3/t16?,18-/m0/s1. The van der Waals surface area contributed by atoms with Crippen molar-refractivity contribution in [1.29, 1.82) is 0 Å². The zero-order valence-electron chi connectivity index (χ0n) is 21.8. The Morgan fingerprint density at radius 1 is 1.15 bits per heavy atom. The zero-order valence-corrected chi connectivity index (χ0v) is 23.4. The number of nitrogens with one attached hydrogen (secondary N) is 1. The second kappa shape index (κ2) is 10.6. The van der Waals surface area contributed by atoms with Gasteiger partial charge in [0, 0.05) is 53.1 Å². The van der Waals surface area contributed by atoms with E-state index in [4.69, 9.17) is 32.9 Å². The molecule has 2 N–H and O–H groups in total. The number of aromatic hydroxyl groups is 1. The highest BCUT2D eigenvalue weighted by Gasteiger charge is 2.27. The monoisotopic (exact) mass is 569 g/mol. The normalized spacial score (nSPS) is 20.3. The molecule has 0 bridgehead atoms. The maximum absolute atomic E-state index is 16.6. The van der Waals surface area contributed by atoms with Crippen molar-refractivity contribution >= 4 is 50.7 Å². The van der Waals surface area contributed by atoms with E-state index >= 15 is 4.39 Å². The van der Waals surface area contributed by atoms with E-state index in [-0.39, 0.29) is 39.9 Å². The molecule has 1 unspecified atom stereocenters. The van der Waals surface area contributed by atoms with E-state index in [1.807, 2.05) is 6.07 Å². The fourth-order valence-electron chi connectivity index (χ4n) is 5.76. The number of hydrogen-bond donors (Lipinski definition) is 2. The summed E-state index contributed by atoms with van der Waals surface area (Å²) in [5.41, 5.74) is 0.632. The minimum absolute atomic E-state index is 0.0155. The van der Waals surface area contributed by atoms with E-state index in [9.17, 15) is 5.11 Å². The number of phenols is 1. The number of aromatic nitrogens is 2. The van der Waals surface area contributed by atoms with Gasteiger partial charge in [-0.3, -0.25) is 0 Å². The van der Waals surface area contributed by atoms with Crippen LogP contribution in [0.3, 0.4) is 0 Å². The number of hydrogen-bond acceptors (Lipinski definition) is 7. The molecule has 2 aliphatic rings. The number of likely N-dealkylation sites (N-methyl/N-ethyl adjacent to an activating group) is 1. The van der Waals surface area contributed by atoms with Crippen molar-refractivity contribution in [2.75, 3.05) is 44.7 Å². The number of fused-ring (bicyclic) bond motifs is 2. The third-order valence-corrected chi connectivity index (χ3v) is 8.38.